The summed E-state index contributed by atoms with van der Waals surface area (Å²) < 4.78 is 10.6. The highest BCUT2D eigenvalue weighted by molar-refractivity contribution is 6.39. The number of fused-ring (bicyclic) bond motifs is 13. The molecule has 1 saturated heterocycles. The summed E-state index contributed by atoms with van der Waals surface area (Å²) in [6.07, 6.45) is -0.456. The fourth-order valence-electron chi connectivity index (χ4n) is 6.74. The predicted molar refractivity (Wildman–Crippen MR) is 129 cm³/mol. The van der Waals surface area contributed by atoms with E-state index in [0.29, 0.717) is 27.4 Å². The summed E-state index contributed by atoms with van der Waals surface area (Å²) in [7, 11) is 0. The summed E-state index contributed by atoms with van der Waals surface area (Å²) in [4.78, 5) is 39.3. The number of benzene rings is 3. The Kier molecular flexibility index (Phi) is 3.03. The average molecular weight is 465 g/mol. The molecule has 3 amide bonds. The van der Waals surface area contributed by atoms with Crippen LogP contribution in [-0.2, 0) is 15.3 Å². The van der Waals surface area contributed by atoms with E-state index in [-0.39, 0.29) is 6.42 Å². The van der Waals surface area contributed by atoms with Gasteiger partial charge in [0.15, 0.2) is 5.72 Å². The van der Waals surface area contributed by atoms with Gasteiger partial charge < -0.3 is 25.3 Å². The monoisotopic (exact) mass is 465 g/mol. The lowest BCUT2D eigenvalue weighted by atomic mass is 9.85. The van der Waals surface area contributed by atoms with Crippen LogP contribution in [0.2, 0.25) is 0 Å². The Labute approximate surface area is 197 Å². The maximum absolute atomic E-state index is 13.2. The predicted octanol–water partition coefficient (Wildman–Crippen LogP) is 2.57. The highest BCUT2D eigenvalue weighted by Gasteiger charge is 2.63. The molecular formula is C26H19N5O4. The quantitative estimate of drug-likeness (QED) is 0.327. The van der Waals surface area contributed by atoms with Crippen molar-refractivity contribution in [2.45, 2.75) is 30.8 Å². The molecule has 2 aromatic heterocycles. The van der Waals surface area contributed by atoms with Crippen molar-refractivity contribution in [3.63, 3.8) is 0 Å². The molecule has 35 heavy (non-hydrogen) atoms. The molecule has 3 aliphatic rings. The molecule has 0 aliphatic carbocycles. The minimum absolute atomic E-state index is 0.155. The lowest BCUT2D eigenvalue weighted by Crippen LogP contribution is -2.64. The van der Waals surface area contributed by atoms with Crippen LogP contribution in [0, 0.1) is 0 Å². The van der Waals surface area contributed by atoms with Crippen LogP contribution in [0.3, 0.4) is 0 Å². The van der Waals surface area contributed by atoms with Crippen LogP contribution in [0.25, 0.3) is 43.6 Å². The zero-order valence-electron chi connectivity index (χ0n) is 18.6. The van der Waals surface area contributed by atoms with Crippen molar-refractivity contribution in [3.05, 3.63) is 59.7 Å². The number of carbonyl (C=O) groups excluding carboxylic acids is 3. The molecule has 172 valence electrons. The Morgan fingerprint density at radius 1 is 0.971 bits per heavy atom. The van der Waals surface area contributed by atoms with Crippen molar-refractivity contribution in [1.29, 1.82) is 0 Å². The number of carbonyl (C=O) groups is 3. The van der Waals surface area contributed by atoms with Gasteiger partial charge in [-0.05, 0) is 19.1 Å². The van der Waals surface area contributed by atoms with Gasteiger partial charge in [0.2, 0.25) is 5.91 Å². The van der Waals surface area contributed by atoms with Crippen LogP contribution in [0.4, 0.5) is 0 Å². The van der Waals surface area contributed by atoms with Crippen molar-refractivity contribution in [2.75, 3.05) is 0 Å². The summed E-state index contributed by atoms with van der Waals surface area (Å²) in [6, 6.07) is 15.3. The topological polar surface area (TPSA) is 134 Å². The van der Waals surface area contributed by atoms with Gasteiger partial charge in [0.1, 0.15) is 11.8 Å². The van der Waals surface area contributed by atoms with Gasteiger partial charge in [0.05, 0.1) is 33.2 Å². The number of hydrogen-bond donors (Lipinski definition) is 3. The Hall–Kier alpha value is -4.21. The number of nitrogens with two attached hydrogens (primary N) is 2. The molecule has 5 heterocycles. The van der Waals surface area contributed by atoms with E-state index in [0.717, 1.165) is 27.3 Å². The molecule has 1 fully saturated rings. The number of para-hydroxylation sites is 2. The molecular weight excluding hydrogens is 446 g/mol. The summed E-state index contributed by atoms with van der Waals surface area (Å²) in [6.45, 7) is 1.78. The van der Waals surface area contributed by atoms with E-state index in [1.165, 1.54) is 0 Å². The normalized spacial score (nSPS) is 26.9. The molecule has 3 atom stereocenters. The largest absolute Gasteiger partial charge is 0.368 e. The van der Waals surface area contributed by atoms with Crippen LogP contribution < -0.4 is 16.8 Å². The molecule has 9 nitrogen and oxygen atoms in total. The van der Waals surface area contributed by atoms with Gasteiger partial charge in [0.25, 0.3) is 11.8 Å². The SMILES string of the molecule is CC12OC(C[C@]1(N)C(N)=O)n1c3ccccc3c3c4c(c5c6ccccc6n2c5c31)C(=O)NC4=O. The minimum Gasteiger partial charge on any atom is -0.368 e. The first kappa shape index (κ1) is 19.1. The molecule has 0 radical (unpaired) electrons. The first-order valence-corrected chi connectivity index (χ1v) is 11.4. The molecule has 3 aromatic carbocycles. The second-order valence-corrected chi connectivity index (χ2v) is 9.82. The lowest BCUT2D eigenvalue weighted by molar-refractivity contribution is -0.145. The van der Waals surface area contributed by atoms with Gasteiger partial charge >= 0.3 is 0 Å². The second-order valence-electron chi connectivity index (χ2n) is 9.82. The number of aromatic nitrogens is 2. The fourth-order valence-corrected chi connectivity index (χ4v) is 6.74. The van der Waals surface area contributed by atoms with Crippen LogP contribution in [0.15, 0.2) is 48.5 Å². The first-order valence-electron chi connectivity index (χ1n) is 11.4. The number of imide groups is 1. The van der Waals surface area contributed by atoms with Crippen molar-refractivity contribution < 1.29 is 19.1 Å². The lowest BCUT2D eigenvalue weighted by Gasteiger charge is -2.38. The Morgan fingerprint density at radius 2 is 1.54 bits per heavy atom. The van der Waals surface area contributed by atoms with E-state index in [1.54, 1.807) is 6.92 Å². The molecule has 2 unspecified atom stereocenters. The molecule has 5 aromatic rings. The Morgan fingerprint density at radius 3 is 2.20 bits per heavy atom. The van der Waals surface area contributed by atoms with Gasteiger partial charge in [-0.2, -0.15) is 0 Å². The number of amides is 3. The molecule has 5 N–H and O–H groups in total. The molecule has 0 spiro atoms. The molecule has 2 bridgehead atoms. The smallest absolute Gasteiger partial charge is 0.259 e. The fraction of sp³-hybridized carbons (Fsp3) is 0.192. The van der Waals surface area contributed by atoms with Gasteiger partial charge in [-0.25, -0.2) is 0 Å². The maximum Gasteiger partial charge on any atom is 0.259 e. The number of primary amides is 1. The third kappa shape index (κ3) is 1.81. The maximum atomic E-state index is 13.2. The molecule has 9 heteroatoms. The number of hydrogen-bond acceptors (Lipinski definition) is 5. The molecule has 3 aliphatic heterocycles. The summed E-state index contributed by atoms with van der Waals surface area (Å²) >= 11 is 0. The summed E-state index contributed by atoms with van der Waals surface area (Å²) in [5.74, 6) is -1.53. The zero-order chi connectivity index (χ0) is 24.0. The van der Waals surface area contributed by atoms with Crippen molar-refractivity contribution in [1.82, 2.24) is 14.5 Å². The number of nitrogens with one attached hydrogen (secondary N) is 1. The van der Waals surface area contributed by atoms with Crippen molar-refractivity contribution in [3.8, 4) is 0 Å². The van der Waals surface area contributed by atoms with Crippen molar-refractivity contribution >= 4 is 61.3 Å². The van der Waals surface area contributed by atoms with Crippen LogP contribution in [0.5, 0.6) is 0 Å². The standard InChI is InChI=1S/C26H19N5O4/c1-25-26(28,24(27)34)10-15(35-25)30-13-8-4-2-6-11(13)16-18-19(23(33)29-22(18)32)17-12-7-3-5-9-14(12)31(25)21(17)20(16)30/h2-9,15H,10,28H2,1H3,(H2,27,34)(H,29,32,33)/t15?,25?,26-/m0/s1. The highest BCUT2D eigenvalue weighted by atomic mass is 16.5. The number of rotatable bonds is 1. The minimum atomic E-state index is -1.53. The Balaban J connectivity index is 1.78. The first-order chi connectivity index (χ1) is 16.8. The molecule has 8 rings (SSSR count). The average Bonchev–Trinajstić information content (AvgIpc) is 3.49. The second kappa shape index (κ2) is 5.54. The zero-order valence-corrected chi connectivity index (χ0v) is 18.6. The van der Waals surface area contributed by atoms with Crippen LogP contribution in [0.1, 0.15) is 40.3 Å². The van der Waals surface area contributed by atoms with Crippen molar-refractivity contribution in [2.24, 2.45) is 11.5 Å². The highest BCUT2D eigenvalue weighted by Crippen LogP contribution is 2.56. The third-order valence-electron chi connectivity index (χ3n) is 8.29. The van der Waals surface area contributed by atoms with E-state index in [4.69, 9.17) is 16.2 Å². The van der Waals surface area contributed by atoms with Gasteiger partial charge in [-0.1, -0.05) is 36.4 Å². The van der Waals surface area contributed by atoms with E-state index < -0.39 is 35.2 Å². The van der Waals surface area contributed by atoms with Gasteiger partial charge in [0, 0.05) is 28.0 Å². The van der Waals surface area contributed by atoms with E-state index in [9.17, 15) is 14.4 Å². The van der Waals surface area contributed by atoms with E-state index in [1.807, 2.05) is 57.7 Å². The van der Waals surface area contributed by atoms with Crippen LogP contribution in [-0.4, -0.2) is 32.4 Å². The van der Waals surface area contributed by atoms with Gasteiger partial charge in [-0.3, -0.25) is 19.7 Å². The molecule has 0 saturated carbocycles. The number of ether oxygens (including phenoxy) is 1. The van der Waals surface area contributed by atoms with Crippen LogP contribution >= 0.6 is 0 Å². The Bertz CT molecular complexity index is 1900. The van der Waals surface area contributed by atoms with E-state index >= 15 is 0 Å². The summed E-state index contributed by atoms with van der Waals surface area (Å²) in [5, 5.41) is 5.43. The number of nitrogens with zero attached hydrogens (tertiary/aromatic N) is 2. The van der Waals surface area contributed by atoms with Gasteiger partial charge in [-0.15, -0.1) is 0 Å². The third-order valence-corrected chi connectivity index (χ3v) is 8.29. The van der Waals surface area contributed by atoms with E-state index in [2.05, 4.69) is 5.32 Å². The summed E-state index contributed by atoms with van der Waals surface area (Å²) in [5.41, 5.74) is 13.6.